The summed E-state index contributed by atoms with van der Waals surface area (Å²) in [5.41, 5.74) is 0.870. The van der Waals surface area contributed by atoms with Gasteiger partial charge >= 0.3 is 0 Å². The number of nitrogens with one attached hydrogen (secondary N) is 2. The quantitative estimate of drug-likeness (QED) is 0.896. The van der Waals surface area contributed by atoms with Crippen LogP contribution in [0.25, 0.3) is 0 Å². The topological polar surface area (TPSA) is 58.2 Å². The molecule has 1 heterocycles. The standard InChI is InChI=1S/C15H23FN2O2S/c1-10-7-13(16)8-11(2)15(10)21(19,20)17-9-14-6-4-5-12(3)18-14/h7-8,12,14,17-18H,4-6,9H2,1-3H3. The molecule has 2 unspecified atom stereocenters. The van der Waals surface area contributed by atoms with Crippen LogP contribution in [0.4, 0.5) is 4.39 Å². The zero-order valence-electron chi connectivity index (χ0n) is 12.7. The summed E-state index contributed by atoms with van der Waals surface area (Å²) in [6, 6.07) is 3.08. The zero-order chi connectivity index (χ0) is 15.6. The van der Waals surface area contributed by atoms with Gasteiger partial charge in [0.25, 0.3) is 0 Å². The van der Waals surface area contributed by atoms with Crippen LogP contribution in [-0.4, -0.2) is 27.0 Å². The van der Waals surface area contributed by atoms with E-state index in [1.807, 2.05) is 0 Å². The SMILES string of the molecule is Cc1cc(F)cc(C)c1S(=O)(=O)NCC1CCCC(C)N1. The van der Waals surface area contributed by atoms with Crippen molar-refractivity contribution in [3.05, 3.63) is 29.1 Å². The lowest BCUT2D eigenvalue weighted by atomic mass is 10.00. The maximum atomic E-state index is 13.3. The number of aryl methyl sites for hydroxylation is 2. The van der Waals surface area contributed by atoms with Crippen molar-refractivity contribution in [2.24, 2.45) is 0 Å². The summed E-state index contributed by atoms with van der Waals surface area (Å²) in [7, 11) is -3.61. The molecule has 2 rings (SSSR count). The third kappa shape index (κ3) is 4.02. The summed E-state index contributed by atoms with van der Waals surface area (Å²) in [5, 5.41) is 3.39. The van der Waals surface area contributed by atoms with Crippen molar-refractivity contribution in [2.45, 2.75) is 57.0 Å². The van der Waals surface area contributed by atoms with E-state index in [9.17, 15) is 12.8 Å². The Labute approximate surface area is 126 Å². The second-order valence-electron chi connectivity index (χ2n) is 5.92. The van der Waals surface area contributed by atoms with E-state index in [1.54, 1.807) is 13.8 Å². The summed E-state index contributed by atoms with van der Waals surface area (Å²) in [6.07, 6.45) is 3.20. The van der Waals surface area contributed by atoms with Crippen molar-refractivity contribution < 1.29 is 12.8 Å². The molecule has 4 nitrogen and oxygen atoms in total. The Hall–Kier alpha value is -0.980. The molecule has 1 aromatic rings. The fourth-order valence-corrected chi connectivity index (χ4v) is 4.53. The molecule has 1 aliphatic rings. The van der Waals surface area contributed by atoms with Gasteiger partial charge in [-0.1, -0.05) is 6.42 Å². The molecule has 0 saturated carbocycles. The molecule has 1 aromatic carbocycles. The van der Waals surface area contributed by atoms with Crippen molar-refractivity contribution in [3.8, 4) is 0 Å². The van der Waals surface area contributed by atoms with E-state index in [0.29, 0.717) is 23.7 Å². The van der Waals surface area contributed by atoms with E-state index in [2.05, 4.69) is 17.0 Å². The minimum atomic E-state index is -3.61. The van der Waals surface area contributed by atoms with Gasteiger partial charge in [-0.15, -0.1) is 0 Å². The van der Waals surface area contributed by atoms with Crippen molar-refractivity contribution >= 4 is 10.0 Å². The Morgan fingerprint density at radius 1 is 1.29 bits per heavy atom. The normalized spacial score (nSPS) is 23.2. The molecule has 2 atom stereocenters. The molecule has 0 amide bonds. The van der Waals surface area contributed by atoms with Gasteiger partial charge < -0.3 is 5.32 Å². The first-order valence-electron chi connectivity index (χ1n) is 7.32. The molecule has 2 N–H and O–H groups in total. The first kappa shape index (κ1) is 16.4. The average molecular weight is 314 g/mol. The van der Waals surface area contributed by atoms with Gasteiger partial charge in [-0.25, -0.2) is 17.5 Å². The lowest BCUT2D eigenvalue weighted by molar-refractivity contribution is 0.334. The van der Waals surface area contributed by atoms with Gasteiger partial charge in [0.15, 0.2) is 0 Å². The fraction of sp³-hybridized carbons (Fsp3) is 0.600. The Morgan fingerprint density at radius 3 is 2.48 bits per heavy atom. The van der Waals surface area contributed by atoms with E-state index < -0.39 is 15.8 Å². The van der Waals surface area contributed by atoms with Crippen LogP contribution in [0.15, 0.2) is 17.0 Å². The van der Waals surface area contributed by atoms with Gasteiger partial charge in [-0.05, 0) is 56.9 Å². The van der Waals surface area contributed by atoms with Crippen molar-refractivity contribution in [3.63, 3.8) is 0 Å². The smallest absolute Gasteiger partial charge is 0.241 e. The number of benzene rings is 1. The van der Waals surface area contributed by atoms with E-state index in [-0.39, 0.29) is 10.9 Å². The summed E-state index contributed by atoms with van der Waals surface area (Å²) in [5.74, 6) is -0.410. The van der Waals surface area contributed by atoms with Crippen LogP contribution in [0.1, 0.15) is 37.3 Å². The molecule has 1 fully saturated rings. The van der Waals surface area contributed by atoms with Crippen molar-refractivity contribution in [2.75, 3.05) is 6.54 Å². The highest BCUT2D eigenvalue weighted by atomic mass is 32.2. The van der Waals surface area contributed by atoms with Gasteiger partial charge in [0, 0.05) is 18.6 Å². The second-order valence-corrected chi connectivity index (χ2v) is 7.62. The molecule has 118 valence electrons. The Balaban J connectivity index is 2.12. The number of sulfonamides is 1. The number of piperidine rings is 1. The molecular formula is C15H23FN2O2S. The van der Waals surface area contributed by atoms with Crippen molar-refractivity contribution in [1.82, 2.24) is 10.0 Å². The summed E-state index contributed by atoms with van der Waals surface area (Å²) >= 11 is 0. The lowest BCUT2D eigenvalue weighted by Gasteiger charge is -2.29. The predicted molar refractivity (Wildman–Crippen MR) is 81.3 cm³/mol. The number of halogens is 1. The lowest BCUT2D eigenvalue weighted by Crippen LogP contribution is -2.47. The molecule has 0 radical (unpaired) electrons. The molecule has 1 aliphatic heterocycles. The largest absolute Gasteiger partial charge is 0.310 e. The number of hydrogen-bond donors (Lipinski definition) is 2. The van der Waals surface area contributed by atoms with E-state index in [0.717, 1.165) is 19.3 Å². The van der Waals surface area contributed by atoms with E-state index in [4.69, 9.17) is 0 Å². The molecule has 0 bridgehead atoms. The van der Waals surface area contributed by atoms with Crippen LogP contribution < -0.4 is 10.0 Å². The maximum Gasteiger partial charge on any atom is 0.241 e. The maximum absolute atomic E-state index is 13.3. The van der Waals surface area contributed by atoms with Gasteiger partial charge in [-0.3, -0.25) is 0 Å². The molecular weight excluding hydrogens is 291 g/mol. The highest BCUT2D eigenvalue weighted by Gasteiger charge is 2.23. The van der Waals surface area contributed by atoms with Crippen LogP contribution in [0.3, 0.4) is 0 Å². The van der Waals surface area contributed by atoms with Crippen LogP contribution in [0, 0.1) is 19.7 Å². The minimum absolute atomic E-state index is 0.157. The van der Waals surface area contributed by atoms with Gasteiger partial charge in [0.1, 0.15) is 5.82 Å². The first-order chi connectivity index (χ1) is 9.79. The highest BCUT2D eigenvalue weighted by Crippen LogP contribution is 2.21. The average Bonchev–Trinajstić information content (AvgIpc) is 2.35. The van der Waals surface area contributed by atoms with E-state index >= 15 is 0 Å². The fourth-order valence-electron chi connectivity index (χ4n) is 3.00. The molecule has 1 saturated heterocycles. The van der Waals surface area contributed by atoms with E-state index in [1.165, 1.54) is 12.1 Å². The van der Waals surface area contributed by atoms with Crippen LogP contribution in [-0.2, 0) is 10.0 Å². The number of rotatable bonds is 4. The monoisotopic (exact) mass is 314 g/mol. The Morgan fingerprint density at radius 2 is 1.90 bits per heavy atom. The van der Waals surface area contributed by atoms with Crippen LogP contribution >= 0.6 is 0 Å². The molecule has 0 aliphatic carbocycles. The first-order valence-corrected chi connectivity index (χ1v) is 8.80. The van der Waals surface area contributed by atoms with Crippen LogP contribution in [0.2, 0.25) is 0 Å². The Kier molecular flexibility index (Phi) is 5.01. The summed E-state index contributed by atoms with van der Waals surface area (Å²) in [6.45, 7) is 5.70. The second kappa shape index (κ2) is 6.42. The predicted octanol–water partition coefficient (Wildman–Crippen LogP) is 2.25. The van der Waals surface area contributed by atoms with Crippen molar-refractivity contribution in [1.29, 1.82) is 0 Å². The zero-order valence-corrected chi connectivity index (χ0v) is 13.6. The third-order valence-electron chi connectivity index (χ3n) is 3.92. The Bertz CT molecular complexity index is 593. The number of hydrogen-bond acceptors (Lipinski definition) is 3. The molecule has 6 heteroatoms. The molecule has 21 heavy (non-hydrogen) atoms. The minimum Gasteiger partial charge on any atom is -0.310 e. The summed E-state index contributed by atoms with van der Waals surface area (Å²) < 4.78 is 40.8. The van der Waals surface area contributed by atoms with Crippen LogP contribution in [0.5, 0.6) is 0 Å². The molecule has 0 spiro atoms. The summed E-state index contributed by atoms with van der Waals surface area (Å²) in [4.78, 5) is 0.188. The third-order valence-corrected chi connectivity index (χ3v) is 5.65. The highest BCUT2D eigenvalue weighted by molar-refractivity contribution is 7.89. The van der Waals surface area contributed by atoms with Gasteiger partial charge in [-0.2, -0.15) is 0 Å². The molecule has 0 aromatic heterocycles. The van der Waals surface area contributed by atoms with Gasteiger partial charge in [0.2, 0.25) is 10.0 Å². The van der Waals surface area contributed by atoms with Gasteiger partial charge in [0.05, 0.1) is 4.90 Å².